The predicted octanol–water partition coefficient (Wildman–Crippen LogP) is 13.5. The Hall–Kier alpha value is -6.46. The Kier molecular flexibility index (Phi) is 8.24. The number of hydrogen-bond donors (Lipinski definition) is 0. The van der Waals surface area contributed by atoms with Crippen LogP contribution < -0.4 is 4.90 Å². The lowest BCUT2D eigenvalue weighted by Gasteiger charge is -2.42. The van der Waals surface area contributed by atoms with E-state index in [1.807, 2.05) is 6.20 Å². The molecular weight excluding hydrogens is 709 g/mol. The van der Waals surface area contributed by atoms with E-state index in [0.717, 1.165) is 50.5 Å². The van der Waals surface area contributed by atoms with Gasteiger partial charge in [-0.2, -0.15) is 0 Å². The summed E-state index contributed by atoms with van der Waals surface area (Å²) >= 11 is 0. The first-order valence-electron chi connectivity index (χ1n) is 20.4. The fourth-order valence-electron chi connectivity index (χ4n) is 9.32. The van der Waals surface area contributed by atoms with Gasteiger partial charge in [0.25, 0.3) is 0 Å². The van der Waals surface area contributed by atoms with E-state index in [1.54, 1.807) is 0 Å². The van der Waals surface area contributed by atoms with Crippen LogP contribution >= 0.6 is 0 Å². The van der Waals surface area contributed by atoms with E-state index in [2.05, 4.69) is 204 Å². The summed E-state index contributed by atoms with van der Waals surface area (Å²) in [5.41, 5.74) is 14.8. The van der Waals surface area contributed by atoms with E-state index >= 15 is 0 Å². The smallest absolute Gasteiger partial charge is 0.217 e. The number of hydrogen-bond acceptors (Lipinski definition) is 4. The van der Waals surface area contributed by atoms with Gasteiger partial charge >= 0.3 is 0 Å². The molecule has 58 heavy (non-hydrogen) atoms. The van der Waals surface area contributed by atoms with Crippen LogP contribution in [0, 0.1) is 13.8 Å². The van der Waals surface area contributed by atoms with Crippen molar-refractivity contribution >= 4 is 44.8 Å². The van der Waals surface area contributed by atoms with E-state index in [0.29, 0.717) is 5.90 Å². The lowest BCUT2D eigenvalue weighted by molar-refractivity contribution is 0.197. The van der Waals surface area contributed by atoms with Gasteiger partial charge in [0.1, 0.15) is 11.9 Å². The monoisotopic (exact) mass is 756 g/mol. The van der Waals surface area contributed by atoms with Gasteiger partial charge in [-0.05, 0) is 101 Å². The third-order valence-electron chi connectivity index (χ3n) is 12.4. The number of anilines is 3. The van der Waals surface area contributed by atoms with Gasteiger partial charge < -0.3 is 9.64 Å². The van der Waals surface area contributed by atoms with Gasteiger partial charge in [0.2, 0.25) is 5.90 Å². The molecule has 0 radical (unpaired) electrons. The molecule has 2 aromatic heterocycles. The molecule has 5 heteroatoms. The Morgan fingerprint density at radius 3 is 2.05 bits per heavy atom. The number of rotatable bonds is 5. The molecule has 2 aliphatic heterocycles. The van der Waals surface area contributed by atoms with Crippen molar-refractivity contribution in [2.75, 3.05) is 4.90 Å². The highest BCUT2D eigenvalue weighted by Crippen LogP contribution is 2.54. The lowest BCUT2D eigenvalue weighted by Crippen LogP contribution is -2.31. The van der Waals surface area contributed by atoms with E-state index in [-0.39, 0.29) is 23.0 Å². The first-order valence-corrected chi connectivity index (χ1v) is 20.4. The van der Waals surface area contributed by atoms with Crippen LogP contribution in [0.3, 0.4) is 0 Å². The Bertz CT molecular complexity index is 2920. The molecule has 0 unspecified atom stereocenters. The summed E-state index contributed by atoms with van der Waals surface area (Å²) in [6.07, 6.45) is 1.72. The molecular formula is C53H48N4O. The minimum atomic E-state index is -0.268. The fraction of sp³-hybridized carbons (Fsp3) is 0.208. The van der Waals surface area contributed by atoms with Crippen molar-refractivity contribution in [3.8, 4) is 5.82 Å². The standard InChI is InChI=1S/C53H48N4O/c1-33-28-34(2)45(31-39(33)51-55-49(35-18-10-8-11-19-35)50(58-51)36-20-12-9-13-21-36)56-44-25-17-15-23-41(44)53(6,7)42-30-40-38-22-14-16-24-43(38)57(46(40)32-47(42)56)48-29-37(26-27-54-48)52(3,4)5/h8-32,49-50H,1-7H3/t49-,50-/m1/s1. The Labute approximate surface area is 341 Å². The average molecular weight is 757 g/mol. The Balaban J connectivity index is 1.20. The highest BCUT2D eigenvalue weighted by molar-refractivity contribution is 6.11. The molecule has 5 nitrogen and oxygen atoms in total. The molecule has 10 rings (SSSR count). The van der Waals surface area contributed by atoms with Crippen molar-refractivity contribution in [2.24, 2.45) is 4.99 Å². The first-order chi connectivity index (χ1) is 28.0. The van der Waals surface area contributed by atoms with Crippen LogP contribution in [0.15, 0.2) is 157 Å². The first kappa shape index (κ1) is 35.9. The molecule has 2 aliphatic rings. The second-order valence-corrected chi connectivity index (χ2v) is 17.6. The number of aliphatic imine (C=N–C) groups is 1. The van der Waals surface area contributed by atoms with Crippen LogP contribution in [0.1, 0.15) is 91.3 Å². The normalized spacial score (nSPS) is 17.2. The number of pyridine rings is 1. The van der Waals surface area contributed by atoms with Gasteiger partial charge in [-0.15, -0.1) is 0 Å². The van der Waals surface area contributed by atoms with E-state index in [9.17, 15) is 0 Å². The zero-order valence-electron chi connectivity index (χ0n) is 34.3. The van der Waals surface area contributed by atoms with Crippen LogP contribution in [-0.2, 0) is 15.6 Å². The molecule has 4 heterocycles. The van der Waals surface area contributed by atoms with Crippen LogP contribution in [0.25, 0.3) is 27.6 Å². The summed E-state index contributed by atoms with van der Waals surface area (Å²) in [6.45, 7) is 15.9. The zero-order valence-corrected chi connectivity index (χ0v) is 34.3. The van der Waals surface area contributed by atoms with Gasteiger partial charge in [0.05, 0.1) is 22.4 Å². The van der Waals surface area contributed by atoms with Crippen molar-refractivity contribution in [1.29, 1.82) is 0 Å². The molecule has 8 aromatic rings. The molecule has 0 amide bonds. The average Bonchev–Trinajstić information content (AvgIpc) is 3.81. The van der Waals surface area contributed by atoms with Gasteiger partial charge in [-0.25, -0.2) is 9.98 Å². The SMILES string of the molecule is Cc1cc(C)c(N2c3ccccc3C(C)(C)c3cc4c5ccccc5n(-c5cc(C(C)(C)C)ccn5)c4cc32)cc1C1=N[C@H](c2ccccc2)[C@@H](c2ccccc2)O1. The third-order valence-corrected chi connectivity index (χ3v) is 12.4. The van der Waals surface area contributed by atoms with Crippen molar-refractivity contribution in [3.05, 3.63) is 196 Å². The second-order valence-electron chi connectivity index (χ2n) is 17.6. The van der Waals surface area contributed by atoms with Crippen molar-refractivity contribution in [3.63, 3.8) is 0 Å². The number of benzene rings is 6. The molecule has 2 atom stereocenters. The summed E-state index contributed by atoms with van der Waals surface area (Å²) in [5, 5.41) is 2.44. The quantitative estimate of drug-likeness (QED) is 0.176. The molecule has 0 N–H and O–H groups in total. The maximum Gasteiger partial charge on any atom is 0.217 e. The van der Waals surface area contributed by atoms with Crippen molar-refractivity contribution in [1.82, 2.24) is 9.55 Å². The Morgan fingerprint density at radius 1 is 0.603 bits per heavy atom. The molecule has 6 aromatic carbocycles. The Morgan fingerprint density at radius 2 is 1.29 bits per heavy atom. The number of ether oxygens (including phenoxy) is 1. The molecule has 0 aliphatic carbocycles. The topological polar surface area (TPSA) is 42.7 Å². The maximum absolute atomic E-state index is 6.95. The number of fused-ring (bicyclic) bond motifs is 5. The summed E-state index contributed by atoms with van der Waals surface area (Å²) in [5.74, 6) is 1.60. The highest BCUT2D eigenvalue weighted by Gasteiger charge is 2.39. The van der Waals surface area contributed by atoms with Gasteiger partial charge in [-0.3, -0.25) is 4.57 Å². The van der Waals surface area contributed by atoms with Crippen molar-refractivity contribution in [2.45, 2.75) is 71.4 Å². The van der Waals surface area contributed by atoms with Gasteiger partial charge in [0, 0.05) is 33.6 Å². The summed E-state index contributed by atoms with van der Waals surface area (Å²) < 4.78 is 9.30. The van der Waals surface area contributed by atoms with E-state index in [1.165, 1.54) is 38.7 Å². The summed E-state index contributed by atoms with van der Waals surface area (Å²) in [7, 11) is 0. The summed E-state index contributed by atoms with van der Waals surface area (Å²) in [4.78, 5) is 12.9. The largest absolute Gasteiger partial charge is 0.467 e. The highest BCUT2D eigenvalue weighted by atomic mass is 16.5. The predicted molar refractivity (Wildman–Crippen MR) is 240 cm³/mol. The minimum Gasteiger partial charge on any atom is -0.467 e. The molecule has 0 bridgehead atoms. The molecule has 0 saturated heterocycles. The van der Waals surface area contributed by atoms with Crippen LogP contribution in [0.2, 0.25) is 0 Å². The molecule has 0 saturated carbocycles. The van der Waals surface area contributed by atoms with Crippen molar-refractivity contribution < 1.29 is 4.74 Å². The minimum absolute atomic E-state index is 0.0175. The van der Waals surface area contributed by atoms with Gasteiger partial charge in [-0.1, -0.05) is 138 Å². The molecule has 0 fully saturated rings. The number of nitrogens with zero attached hydrogens (tertiary/aromatic N) is 4. The summed E-state index contributed by atoms with van der Waals surface area (Å²) in [6, 6.07) is 52.4. The van der Waals surface area contributed by atoms with Crippen LogP contribution in [0.5, 0.6) is 0 Å². The number of aryl methyl sites for hydroxylation is 2. The number of aromatic nitrogens is 2. The lowest BCUT2D eigenvalue weighted by atomic mass is 9.73. The maximum atomic E-state index is 6.95. The van der Waals surface area contributed by atoms with Crippen LogP contribution in [-0.4, -0.2) is 15.4 Å². The second kappa shape index (κ2) is 13.3. The molecule has 286 valence electrons. The van der Waals surface area contributed by atoms with Gasteiger partial charge in [0.15, 0.2) is 6.10 Å². The fourth-order valence-corrected chi connectivity index (χ4v) is 9.32. The zero-order chi connectivity index (χ0) is 39.9. The van der Waals surface area contributed by atoms with E-state index in [4.69, 9.17) is 14.7 Å². The molecule has 0 spiro atoms. The van der Waals surface area contributed by atoms with Crippen LogP contribution in [0.4, 0.5) is 17.1 Å². The third kappa shape index (κ3) is 5.67. The van der Waals surface area contributed by atoms with E-state index < -0.39 is 0 Å². The number of para-hydroxylation sites is 2.